The SMILES string of the molecule is CC(=O)c1ccc(N2CCCC3CCCCC32)c(Br)c1. The Morgan fingerprint density at radius 3 is 2.70 bits per heavy atom. The van der Waals surface area contributed by atoms with Gasteiger partial charge in [0.25, 0.3) is 0 Å². The Morgan fingerprint density at radius 2 is 1.95 bits per heavy atom. The van der Waals surface area contributed by atoms with E-state index >= 15 is 0 Å². The highest BCUT2D eigenvalue weighted by Crippen LogP contribution is 2.40. The molecule has 0 spiro atoms. The summed E-state index contributed by atoms with van der Waals surface area (Å²) in [5.41, 5.74) is 2.06. The van der Waals surface area contributed by atoms with E-state index in [1.165, 1.54) is 44.2 Å². The molecule has 1 saturated carbocycles. The van der Waals surface area contributed by atoms with E-state index in [0.717, 1.165) is 22.5 Å². The normalized spacial score (nSPS) is 26.2. The number of hydrogen-bond donors (Lipinski definition) is 0. The van der Waals surface area contributed by atoms with Gasteiger partial charge in [-0.2, -0.15) is 0 Å². The van der Waals surface area contributed by atoms with Crippen LogP contribution in [0.4, 0.5) is 5.69 Å². The number of anilines is 1. The quantitative estimate of drug-likeness (QED) is 0.722. The van der Waals surface area contributed by atoms with Gasteiger partial charge in [-0.3, -0.25) is 4.79 Å². The number of hydrogen-bond acceptors (Lipinski definition) is 2. The van der Waals surface area contributed by atoms with Crippen LogP contribution in [0.2, 0.25) is 0 Å². The Hall–Kier alpha value is -0.830. The van der Waals surface area contributed by atoms with Gasteiger partial charge in [-0.25, -0.2) is 0 Å². The molecule has 2 unspecified atom stereocenters. The fraction of sp³-hybridized carbons (Fsp3) is 0.588. The van der Waals surface area contributed by atoms with Crippen molar-refractivity contribution in [1.82, 2.24) is 0 Å². The summed E-state index contributed by atoms with van der Waals surface area (Å²) in [5, 5.41) is 0. The van der Waals surface area contributed by atoms with Crippen molar-refractivity contribution in [3.63, 3.8) is 0 Å². The molecule has 20 heavy (non-hydrogen) atoms. The second kappa shape index (κ2) is 5.88. The van der Waals surface area contributed by atoms with Crippen LogP contribution in [0.5, 0.6) is 0 Å². The number of benzene rings is 1. The molecule has 0 amide bonds. The number of nitrogens with zero attached hydrogens (tertiary/aromatic N) is 1. The lowest BCUT2D eigenvalue weighted by molar-refractivity contribution is 0.101. The zero-order valence-electron chi connectivity index (χ0n) is 12.1. The minimum atomic E-state index is 0.131. The van der Waals surface area contributed by atoms with Crippen LogP contribution in [0.1, 0.15) is 55.8 Å². The largest absolute Gasteiger partial charge is 0.367 e. The molecule has 1 aromatic carbocycles. The maximum absolute atomic E-state index is 11.5. The zero-order valence-corrected chi connectivity index (χ0v) is 13.7. The van der Waals surface area contributed by atoms with E-state index in [4.69, 9.17) is 0 Å². The van der Waals surface area contributed by atoms with Crippen LogP contribution in [-0.4, -0.2) is 18.4 Å². The van der Waals surface area contributed by atoms with Gasteiger partial charge in [0.2, 0.25) is 0 Å². The topological polar surface area (TPSA) is 20.3 Å². The molecule has 1 saturated heterocycles. The van der Waals surface area contributed by atoms with Crippen molar-refractivity contribution < 1.29 is 4.79 Å². The highest BCUT2D eigenvalue weighted by Gasteiger charge is 2.33. The van der Waals surface area contributed by atoms with Gasteiger partial charge in [-0.1, -0.05) is 12.8 Å². The summed E-state index contributed by atoms with van der Waals surface area (Å²) in [5.74, 6) is 1.00. The molecule has 0 radical (unpaired) electrons. The Morgan fingerprint density at radius 1 is 1.20 bits per heavy atom. The maximum Gasteiger partial charge on any atom is 0.159 e. The summed E-state index contributed by atoms with van der Waals surface area (Å²) in [6.07, 6.45) is 8.17. The fourth-order valence-corrected chi connectivity index (χ4v) is 4.49. The number of carbonyl (C=O) groups is 1. The van der Waals surface area contributed by atoms with Crippen LogP contribution < -0.4 is 4.90 Å². The minimum Gasteiger partial charge on any atom is -0.367 e. The van der Waals surface area contributed by atoms with Gasteiger partial charge in [0, 0.05) is 22.6 Å². The van der Waals surface area contributed by atoms with E-state index in [1.807, 2.05) is 12.1 Å². The van der Waals surface area contributed by atoms with Crippen molar-refractivity contribution in [2.75, 3.05) is 11.4 Å². The number of carbonyl (C=O) groups excluding carboxylic acids is 1. The minimum absolute atomic E-state index is 0.131. The molecule has 0 N–H and O–H groups in total. The van der Waals surface area contributed by atoms with Crippen molar-refractivity contribution in [2.45, 2.75) is 51.5 Å². The maximum atomic E-state index is 11.5. The fourth-order valence-electron chi connectivity index (χ4n) is 3.88. The molecular weight excluding hydrogens is 314 g/mol. The average Bonchev–Trinajstić information content (AvgIpc) is 2.46. The predicted molar refractivity (Wildman–Crippen MR) is 86.5 cm³/mol. The zero-order chi connectivity index (χ0) is 14.1. The molecular formula is C17H22BrNO. The number of halogens is 1. The first-order valence-electron chi connectivity index (χ1n) is 7.74. The summed E-state index contributed by atoms with van der Waals surface area (Å²) in [4.78, 5) is 14.1. The van der Waals surface area contributed by atoms with Crippen molar-refractivity contribution in [3.8, 4) is 0 Å². The second-order valence-corrected chi connectivity index (χ2v) is 7.02. The second-order valence-electron chi connectivity index (χ2n) is 6.17. The molecule has 1 aliphatic carbocycles. The highest BCUT2D eigenvalue weighted by molar-refractivity contribution is 9.10. The van der Waals surface area contributed by atoms with Gasteiger partial charge in [-0.15, -0.1) is 0 Å². The Balaban J connectivity index is 1.89. The first kappa shape index (κ1) is 14.1. The number of ketones is 1. The van der Waals surface area contributed by atoms with Gasteiger partial charge in [0.15, 0.2) is 5.78 Å². The smallest absolute Gasteiger partial charge is 0.159 e. The van der Waals surface area contributed by atoms with Gasteiger partial charge in [0.05, 0.1) is 5.69 Å². The molecule has 1 heterocycles. The third-order valence-corrected chi connectivity index (χ3v) is 5.54. The van der Waals surface area contributed by atoms with Crippen LogP contribution in [-0.2, 0) is 0 Å². The van der Waals surface area contributed by atoms with Crippen LogP contribution in [0, 0.1) is 5.92 Å². The Bertz CT molecular complexity index is 512. The van der Waals surface area contributed by atoms with E-state index in [0.29, 0.717) is 6.04 Å². The molecule has 0 bridgehead atoms. The molecule has 2 aliphatic rings. The lowest BCUT2D eigenvalue weighted by Crippen LogP contribution is -2.47. The molecule has 2 nitrogen and oxygen atoms in total. The number of piperidine rings is 1. The summed E-state index contributed by atoms with van der Waals surface area (Å²) < 4.78 is 1.07. The van der Waals surface area contributed by atoms with E-state index in [-0.39, 0.29) is 5.78 Å². The molecule has 1 aliphatic heterocycles. The summed E-state index contributed by atoms with van der Waals surface area (Å²) in [6, 6.07) is 6.77. The lowest BCUT2D eigenvalue weighted by atomic mass is 9.78. The number of rotatable bonds is 2. The Labute approximate surface area is 129 Å². The van der Waals surface area contributed by atoms with Gasteiger partial charge in [-0.05, 0) is 72.7 Å². The first-order chi connectivity index (χ1) is 9.66. The van der Waals surface area contributed by atoms with Gasteiger partial charge < -0.3 is 4.90 Å². The van der Waals surface area contributed by atoms with E-state index in [2.05, 4.69) is 26.9 Å². The molecule has 2 fully saturated rings. The average molecular weight is 336 g/mol. The van der Waals surface area contributed by atoms with Crippen LogP contribution in [0.15, 0.2) is 22.7 Å². The summed E-state index contributed by atoms with van der Waals surface area (Å²) in [6.45, 7) is 2.78. The van der Waals surface area contributed by atoms with Crippen LogP contribution >= 0.6 is 15.9 Å². The molecule has 0 aromatic heterocycles. The molecule has 108 valence electrons. The van der Waals surface area contributed by atoms with E-state index in [9.17, 15) is 4.79 Å². The Kier molecular flexibility index (Phi) is 4.16. The molecule has 1 aromatic rings. The van der Waals surface area contributed by atoms with Crippen LogP contribution in [0.25, 0.3) is 0 Å². The van der Waals surface area contributed by atoms with Crippen molar-refractivity contribution in [3.05, 3.63) is 28.2 Å². The third kappa shape index (κ3) is 2.65. The lowest BCUT2D eigenvalue weighted by Gasteiger charge is -2.45. The third-order valence-electron chi connectivity index (χ3n) is 4.91. The van der Waals surface area contributed by atoms with Crippen molar-refractivity contribution in [1.29, 1.82) is 0 Å². The molecule has 3 heteroatoms. The number of Topliss-reactive ketones (excluding diaryl/α,β-unsaturated/α-hetero) is 1. The number of fused-ring (bicyclic) bond motifs is 1. The van der Waals surface area contributed by atoms with Crippen LogP contribution in [0.3, 0.4) is 0 Å². The van der Waals surface area contributed by atoms with Gasteiger partial charge in [0.1, 0.15) is 0 Å². The van der Waals surface area contributed by atoms with Gasteiger partial charge >= 0.3 is 0 Å². The van der Waals surface area contributed by atoms with E-state index < -0.39 is 0 Å². The summed E-state index contributed by atoms with van der Waals surface area (Å²) in [7, 11) is 0. The monoisotopic (exact) mass is 335 g/mol. The molecule has 2 atom stereocenters. The van der Waals surface area contributed by atoms with Crippen molar-refractivity contribution in [2.24, 2.45) is 5.92 Å². The first-order valence-corrected chi connectivity index (χ1v) is 8.53. The standard InChI is InChI=1S/C17H22BrNO/c1-12(20)14-8-9-17(15(18)11-14)19-10-4-6-13-5-2-3-7-16(13)19/h8-9,11,13,16H,2-7,10H2,1H3. The predicted octanol–water partition coefficient (Wildman–Crippen LogP) is 4.81. The molecule has 3 rings (SSSR count). The highest BCUT2D eigenvalue weighted by atomic mass is 79.9. The summed E-state index contributed by atoms with van der Waals surface area (Å²) >= 11 is 3.67. The van der Waals surface area contributed by atoms with E-state index in [1.54, 1.807) is 6.92 Å². The van der Waals surface area contributed by atoms with Crippen molar-refractivity contribution >= 4 is 27.4 Å².